The summed E-state index contributed by atoms with van der Waals surface area (Å²) in [7, 11) is 0. The van der Waals surface area contributed by atoms with Crippen molar-refractivity contribution in [2.45, 2.75) is 6.54 Å². The molecule has 0 aliphatic rings. The zero-order valence-electron chi connectivity index (χ0n) is 9.64. The van der Waals surface area contributed by atoms with Gasteiger partial charge in [0.2, 0.25) is 0 Å². The van der Waals surface area contributed by atoms with Crippen molar-refractivity contribution in [2.24, 2.45) is 0 Å². The number of non-ortho nitro benzene ring substituents is 1. The number of rotatable bonds is 4. The van der Waals surface area contributed by atoms with Crippen molar-refractivity contribution in [2.75, 3.05) is 5.32 Å². The van der Waals surface area contributed by atoms with Gasteiger partial charge in [-0.1, -0.05) is 0 Å². The summed E-state index contributed by atoms with van der Waals surface area (Å²) in [5.74, 6) is -2.00. The lowest BCUT2D eigenvalue weighted by atomic mass is 10.2. The molecular weight excluding hydrogens is 256 g/mol. The van der Waals surface area contributed by atoms with Gasteiger partial charge in [-0.3, -0.25) is 15.1 Å². The number of hydrogen-bond donors (Lipinski definition) is 1. The van der Waals surface area contributed by atoms with Crippen LogP contribution in [0.25, 0.3) is 0 Å². The number of anilines is 1. The highest BCUT2D eigenvalue weighted by Crippen LogP contribution is 2.25. The van der Waals surface area contributed by atoms with Crippen LogP contribution in [0, 0.1) is 21.7 Å². The fourth-order valence-corrected chi connectivity index (χ4v) is 1.53. The molecule has 0 spiro atoms. The maximum absolute atomic E-state index is 13.6. The van der Waals surface area contributed by atoms with Gasteiger partial charge in [0.1, 0.15) is 5.69 Å². The van der Waals surface area contributed by atoms with Gasteiger partial charge in [0.05, 0.1) is 17.1 Å². The predicted octanol–water partition coefficient (Wildman–Crippen LogP) is 2.88. The number of aromatic nitrogens is 1. The van der Waals surface area contributed by atoms with Crippen LogP contribution in [0.15, 0.2) is 36.7 Å². The van der Waals surface area contributed by atoms with Crippen LogP contribution in [0.2, 0.25) is 0 Å². The fourth-order valence-electron chi connectivity index (χ4n) is 1.53. The van der Waals surface area contributed by atoms with Crippen LogP contribution in [0.5, 0.6) is 0 Å². The van der Waals surface area contributed by atoms with E-state index in [-0.39, 0.29) is 12.2 Å². The maximum atomic E-state index is 13.6. The second-order valence-corrected chi connectivity index (χ2v) is 3.75. The van der Waals surface area contributed by atoms with Gasteiger partial charge in [-0.05, 0) is 17.7 Å². The molecule has 2 aromatic rings. The Balaban J connectivity index is 2.19. The van der Waals surface area contributed by atoms with Crippen molar-refractivity contribution in [3.8, 4) is 0 Å². The summed E-state index contributed by atoms with van der Waals surface area (Å²) in [5, 5.41) is 13.0. The molecule has 0 radical (unpaired) electrons. The fraction of sp³-hybridized carbons (Fsp3) is 0.0833. The Morgan fingerprint density at radius 2 is 1.79 bits per heavy atom. The number of pyridine rings is 1. The lowest BCUT2D eigenvalue weighted by Gasteiger charge is -2.08. The van der Waals surface area contributed by atoms with Crippen LogP contribution >= 0.6 is 0 Å². The van der Waals surface area contributed by atoms with Gasteiger partial charge < -0.3 is 5.32 Å². The molecule has 2 rings (SSSR count). The van der Waals surface area contributed by atoms with Crippen molar-refractivity contribution >= 4 is 11.4 Å². The molecule has 0 saturated heterocycles. The summed E-state index contributed by atoms with van der Waals surface area (Å²) >= 11 is 0. The Labute approximate surface area is 107 Å². The van der Waals surface area contributed by atoms with Gasteiger partial charge in [0.25, 0.3) is 5.69 Å². The number of hydrogen-bond acceptors (Lipinski definition) is 4. The normalized spacial score (nSPS) is 10.2. The number of nitrogens with one attached hydrogen (secondary N) is 1. The topological polar surface area (TPSA) is 68.1 Å². The molecule has 5 nitrogen and oxygen atoms in total. The van der Waals surface area contributed by atoms with Crippen LogP contribution < -0.4 is 5.32 Å². The first kappa shape index (κ1) is 12.9. The monoisotopic (exact) mass is 265 g/mol. The Hall–Kier alpha value is -2.57. The molecule has 98 valence electrons. The van der Waals surface area contributed by atoms with Crippen LogP contribution in [0.3, 0.4) is 0 Å². The van der Waals surface area contributed by atoms with Gasteiger partial charge in [-0.25, -0.2) is 8.78 Å². The molecule has 1 aromatic heterocycles. The third kappa shape index (κ3) is 3.01. The van der Waals surface area contributed by atoms with E-state index in [0.29, 0.717) is 12.1 Å². The Morgan fingerprint density at radius 1 is 1.21 bits per heavy atom. The number of nitro groups is 1. The average molecular weight is 265 g/mol. The van der Waals surface area contributed by atoms with Crippen molar-refractivity contribution in [3.63, 3.8) is 0 Å². The number of nitrogens with zero attached hydrogens (tertiary/aromatic N) is 2. The highest BCUT2D eigenvalue weighted by Gasteiger charge is 2.16. The third-order valence-corrected chi connectivity index (χ3v) is 2.46. The smallest absolute Gasteiger partial charge is 0.275 e. The molecule has 0 amide bonds. The Bertz CT molecular complexity index is 582. The van der Waals surface area contributed by atoms with Crippen molar-refractivity contribution in [3.05, 3.63) is 64.0 Å². The van der Waals surface area contributed by atoms with Crippen LogP contribution in [-0.4, -0.2) is 9.91 Å². The minimum atomic E-state index is -0.999. The van der Waals surface area contributed by atoms with E-state index >= 15 is 0 Å². The summed E-state index contributed by atoms with van der Waals surface area (Å²) in [4.78, 5) is 13.4. The first-order valence-corrected chi connectivity index (χ1v) is 5.34. The molecular formula is C12H9F2N3O2. The van der Waals surface area contributed by atoms with E-state index in [9.17, 15) is 18.9 Å². The maximum Gasteiger partial charge on any atom is 0.275 e. The summed E-state index contributed by atoms with van der Waals surface area (Å²) in [6, 6.07) is 4.73. The van der Waals surface area contributed by atoms with E-state index < -0.39 is 22.2 Å². The van der Waals surface area contributed by atoms with Crippen molar-refractivity contribution in [1.82, 2.24) is 4.98 Å². The molecule has 19 heavy (non-hydrogen) atoms. The second-order valence-electron chi connectivity index (χ2n) is 3.75. The van der Waals surface area contributed by atoms with E-state index in [1.807, 2.05) is 0 Å². The molecule has 1 aromatic carbocycles. The molecule has 0 aliphatic carbocycles. The van der Waals surface area contributed by atoms with Crippen molar-refractivity contribution < 1.29 is 13.7 Å². The summed E-state index contributed by atoms with van der Waals surface area (Å²) in [6.07, 6.45) is 3.11. The predicted molar refractivity (Wildman–Crippen MR) is 64.6 cm³/mol. The first-order valence-electron chi connectivity index (χ1n) is 5.34. The van der Waals surface area contributed by atoms with E-state index in [0.717, 1.165) is 5.56 Å². The van der Waals surface area contributed by atoms with E-state index in [2.05, 4.69) is 10.3 Å². The molecule has 0 aliphatic heterocycles. The van der Waals surface area contributed by atoms with Gasteiger partial charge in [-0.15, -0.1) is 0 Å². The molecule has 1 N–H and O–H groups in total. The SMILES string of the molecule is O=[N+]([O-])c1cc(F)c(NCc2ccncc2)c(F)c1. The average Bonchev–Trinajstić information content (AvgIpc) is 2.38. The largest absolute Gasteiger partial charge is 0.376 e. The van der Waals surface area contributed by atoms with Crippen molar-refractivity contribution in [1.29, 1.82) is 0 Å². The number of nitro benzene ring substituents is 1. The lowest BCUT2D eigenvalue weighted by molar-refractivity contribution is -0.385. The molecule has 0 bridgehead atoms. The summed E-state index contributed by atoms with van der Waals surface area (Å²) in [5.41, 5.74) is -0.223. The third-order valence-electron chi connectivity index (χ3n) is 2.46. The van der Waals surface area contributed by atoms with E-state index in [4.69, 9.17) is 0 Å². The first-order chi connectivity index (χ1) is 9.08. The summed E-state index contributed by atoms with van der Waals surface area (Å²) < 4.78 is 27.1. The molecule has 0 unspecified atom stereocenters. The Kier molecular flexibility index (Phi) is 3.65. The Morgan fingerprint density at radius 3 is 2.32 bits per heavy atom. The molecule has 0 saturated carbocycles. The summed E-state index contributed by atoms with van der Waals surface area (Å²) in [6.45, 7) is 0.189. The lowest BCUT2D eigenvalue weighted by Crippen LogP contribution is -2.05. The van der Waals surface area contributed by atoms with Crippen LogP contribution in [-0.2, 0) is 6.54 Å². The zero-order chi connectivity index (χ0) is 13.8. The molecule has 7 heteroatoms. The van der Waals surface area contributed by atoms with Gasteiger partial charge in [0.15, 0.2) is 11.6 Å². The quantitative estimate of drug-likeness (QED) is 0.681. The molecule has 1 heterocycles. The van der Waals surface area contributed by atoms with Gasteiger partial charge in [-0.2, -0.15) is 0 Å². The van der Waals surface area contributed by atoms with Crippen LogP contribution in [0.4, 0.5) is 20.2 Å². The minimum Gasteiger partial charge on any atom is -0.376 e. The number of halogens is 2. The highest BCUT2D eigenvalue weighted by molar-refractivity contribution is 5.51. The molecule has 0 fully saturated rings. The second kappa shape index (κ2) is 5.38. The minimum absolute atomic E-state index is 0.189. The standard InChI is InChI=1S/C12H9F2N3O2/c13-10-5-9(17(18)19)6-11(14)12(10)16-7-8-1-3-15-4-2-8/h1-6,16H,7H2. The zero-order valence-corrected chi connectivity index (χ0v) is 9.64. The van der Waals surface area contributed by atoms with Crippen LogP contribution in [0.1, 0.15) is 5.56 Å². The van der Waals surface area contributed by atoms with E-state index in [1.54, 1.807) is 24.5 Å². The van der Waals surface area contributed by atoms with Gasteiger partial charge in [0, 0.05) is 18.9 Å². The van der Waals surface area contributed by atoms with E-state index in [1.165, 1.54) is 0 Å². The molecule has 0 atom stereocenters. The highest BCUT2D eigenvalue weighted by atomic mass is 19.1. The van der Waals surface area contributed by atoms with Gasteiger partial charge >= 0.3 is 0 Å². The number of benzene rings is 1.